The molecule has 2 aliphatic heterocycles. The first-order valence-electron chi connectivity index (χ1n) is 9.76. The van der Waals surface area contributed by atoms with Crippen LogP contribution >= 0.6 is 0 Å². The maximum absolute atomic E-state index is 12.0. The summed E-state index contributed by atoms with van der Waals surface area (Å²) in [5.74, 6) is 0.345. The van der Waals surface area contributed by atoms with Gasteiger partial charge in [0.2, 0.25) is 0 Å². The minimum atomic E-state index is -1.12. The molecule has 5 fully saturated rings. The van der Waals surface area contributed by atoms with Gasteiger partial charge in [-0.1, -0.05) is 12.5 Å². The minimum Gasteiger partial charge on any atom is -0.392 e. The number of hydrogen-bond donors (Lipinski definition) is 2. The van der Waals surface area contributed by atoms with Gasteiger partial charge in [-0.2, -0.15) is 0 Å². The second kappa shape index (κ2) is 3.88. The Morgan fingerprint density at radius 1 is 1.16 bits per heavy atom. The predicted molar refractivity (Wildman–Crippen MR) is 88.6 cm³/mol. The molecule has 4 aliphatic carbocycles. The van der Waals surface area contributed by atoms with Crippen molar-refractivity contribution >= 4 is 0 Å². The number of ether oxygens (including phenoxy) is 3. The van der Waals surface area contributed by atoms with Crippen LogP contribution in [-0.4, -0.2) is 51.6 Å². The molecule has 6 rings (SSSR count). The lowest BCUT2D eigenvalue weighted by atomic mass is 9.22. The first-order chi connectivity index (χ1) is 11.7. The van der Waals surface area contributed by atoms with Gasteiger partial charge in [0.25, 0.3) is 0 Å². The molecule has 5 heteroatoms. The summed E-state index contributed by atoms with van der Waals surface area (Å²) in [7, 11) is 0. The molecule has 138 valence electrons. The van der Waals surface area contributed by atoms with E-state index in [-0.39, 0.29) is 35.7 Å². The molecule has 0 radical (unpaired) electrons. The summed E-state index contributed by atoms with van der Waals surface area (Å²) in [6, 6.07) is 0. The van der Waals surface area contributed by atoms with Gasteiger partial charge in [0.1, 0.15) is 17.3 Å². The van der Waals surface area contributed by atoms with E-state index in [9.17, 15) is 10.2 Å². The first-order valence-corrected chi connectivity index (χ1v) is 9.76. The topological polar surface area (TPSA) is 68.2 Å². The van der Waals surface area contributed by atoms with Crippen LogP contribution < -0.4 is 0 Å². The Kier molecular flexibility index (Phi) is 2.42. The van der Waals surface area contributed by atoms with E-state index in [0.717, 1.165) is 19.3 Å². The average molecular weight is 348 g/mol. The molecule has 0 aromatic heterocycles. The van der Waals surface area contributed by atoms with E-state index < -0.39 is 17.0 Å². The highest BCUT2D eigenvalue weighted by molar-refractivity contribution is 5.53. The lowest BCUT2D eigenvalue weighted by Crippen LogP contribution is -2.95. The molecule has 0 unspecified atom stereocenters. The second-order valence-corrected chi connectivity index (χ2v) is 10.1. The third-order valence-corrected chi connectivity index (χ3v) is 8.58. The zero-order valence-corrected chi connectivity index (χ0v) is 15.4. The van der Waals surface area contributed by atoms with Crippen LogP contribution in [0, 0.1) is 23.2 Å². The number of aliphatic hydroxyl groups is 2. The van der Waals surface area contributed by atoms with Crippen LogP contribution in [0.5, 0.6) is 0 Å². The molecule has 0 aromatic rings. The molecule has 2 N–H and O–H groups in total. The maximum Gasteiger partial charge on any atom is 0.164 e. The van der Waals surface area contributed by atoms with Crippen molar-refractivity contribution in [1.29, 1.82) is 0 Å². The van der Waals surface area contributed by atoms with Gasteiger partial charge in [0, 0.05) is 11.3 Å². The average Bonchev–Trinajstić information content (AvgIpc) is 2.87. The molecule has 0 amide bonds. The van der Waals surface area contributed by atoms with Gasteiger partial charge >= 0.3 is 0 Å². The standard InChI is InChI=1S/C20H28O5/c1-16(2)13-11-6-5-7-18-15(24-17(3,4)25-18)20(22)10(9-21)8-12(23-16)14(13)19(11,18)20/h8,11-15,21-22H,5-7,9H2,1-4H3/t11-,12+,13-,14-,15-,18+,19+,20-/m1/s1. The van der Waals surface area contributed by atoms with Crippen molar-refractivity contribution in [2.75, 3.05) is 6.61 Å². The van der Waals surface area contributed by atoms with Gasteiger partial charge in [-0.3, -0.25) is 0 Å². The van der Waals surface area contributed by atoms with E-state index in [4.69, 9.17) is 14.2 Å². The fourth-order valence-electron chi connectivity index (χ4n) is 8.49. The Hall–Kier alpha value is -0.460. The predicted octanol–water partition coefficient (Wildman–Crippen LogP) is 1.76. The molecule has 6 aliphatic rings. The van der Waals surface area contributed by atoms with Crippen molar-refractivity contribution in [3.63, 3.8) is 0 Å². The molecule has 25 heavy (non-hydrogen) atoms. The third kappa shape index (κ3) is 1.22. The van der Waals surface area contributed by atoms with Crippen LogP contribution in [0.4, 0.5) is 0 Å². The SMILES string of the molecule is CC1(C)O[C@@H]2[C@]3(CCC[C@@H]4[C@@H]5[C@H]6[C@H](C=C(CO)[C@]2(O)[C@]643)OC5(C)C)O1. The second-order valence-electron chi connectivity index (χ2n) is 10.1. The Balaban J connectivity index is 1.62. The van der Waals surface area contributed by atoms with E-state index in [1.807, 2.05) is 19.9 Å². The van der Waals surface area contributed by atoms with Crippen LogP contribution in [0.15, 0.2) is 11.6 Å². The number of fused-ring (bicyclic) bond motifs is 2. The van der Waals surface area contributed by atoms with E-state index in [1.165, 1.54) is 0 Å². The van der Waals surface area contributed by atoms with Crippen molar-refractivity contribution in [2.45, 2.75) is 81.8 Å². The Morgan fingerprint density at radius 2 is 1.92 bits per heavy atom. The van der Waals surface area contributed by atoms with Gasteiger partial charge in [0.05, 0.1) is 18.3 Å². The van der Waals surface area contributed by atoms with Crippen LogP contribution in [-0.2, 0) is 14.2 Å². The molecule has 0 aromatic carbocycles. The van der Waals surface area contributed by atoms with E-state index in [1.54, 1.807) is 0 Å². The highest BCUT2D eigenvalue weighted by atomic mass is 16.8. The van der Waals surface area contributed by atoms with Crippen molar-refractivity contribution in [3.05, 3.63) is 11.6 Å². The fourth-order valence-corrected chi connectivity index (χ4v) is 8.49. The maximum atomic E-state index is 12.0. The van der Waals surface area contributed by atoms with Gasteiger partial charge in [-0.05, 0) is 57.9 Å². The third-order valence-electron chi connectivity index (χ3n) is 8.58. The molecule has 2 saturated heterocycles. The highest BCUT2D eigenvalue weighted by Crippen LogP contribution is 2.87. The fraction of sp³-hybridized carbons (Fsp3) is 0.900. The smallest absolute Gasteiger partial charge is 0.164 e. The van der Waals surface area contributed by atoms with Gasteiger partial charge < -0.3 is 24.4 Å². The quantitative estimate of drug-likeness (QED) is 0.707. The first kappa shape index (κ1) is 15.6. The van der Waals surface area contributed by atoms with Crippen molar-refractivity contribution in [2.24, 2.45) is 23.2 Å². The Morgan fingerprint density at radius 3 is 2.64 bits per heavy atom. The summed E-state index contributed by atoms with van der Waals surface area (Å²) in [4.78, 5) is 0. The largest absolute Gasteiger partial charge is 0.392 e. The van der Waals surface area contributed by atoms with Crippen molar-refractivity contribution < 1.29 is 24.4 Å². The molecule has 8 atom stereocenters. The molecule has 5 nitrogen and oxygen atoms in total. The molecular formula is C20H28O5. The molecule has 3 saturated carbocycles. The summed E-state index contributed by atoms with van der Waals surface area (Å²) in [6.45, 7) is 8.10. The van der Waals surface area contributed by atoms with Crippen LogP contribution in [0.1, 0.15) is 47.0 Å². The summed E-state index contributed by atoms with van der Waals surface area (Å²) < 4.78 is 19.3. The van der Waals surface area contributed by atoms with Gasteiger partial charge in [-0.25, -0.2) is 0 Å². The van der Waals surface area contributed by atoms with Gasteiger partial charge in [-0.15, -0.1) is 0 Å². The van der Waals surface area contributed by atoms with Crippen molar-refractivity contribution in [1.82, 2.24) is 0 Å². The zero-order valence-electron chi connectivity index (χ0n) is 15.4. The minimum absolute atomic E-state index is 0.0399. The van der Waals surface area contributed by atoms with Crippen molar-refractivity contribution in [3.8, 4) is 0 Å². The zero-order chi connectivity index (χ0) is 17.6. The lowest BCUT2D eigenvalue weighted by Gasteiger charge is -2.83. The van der Waals surface area contributed by atoms with Crippen LogP contribution in [0.25, 0.3) is 0 Å². The molecule has 0 bridgehead atoms. The van der Waals surface area contributed by atoms with Crippen LogP contribution in [0.2, 0.25) is 0 Å². The summed E-state index contributed by atoms with van der Waals surface area (Å²) in [6.07, 6.45) is 4.68. The normalized spacial score (nSPS) is 61.4. The molecule has 2 heterocycles. The number of hydrogen-bond acceptors (Lipinski definition) is 5. The Bertz CT molecular complexity index is 713. The molecular weight excluding hydrogens is 320 g/mol. The lowest BCUT2D eigenvalue weighted by molar-refractivity contribution is -0.420. The van der Waals surface area contributed by atoms with Crippen LogP contribution in [0.3, 0.4) is 0 Å². The molecule has 2 spiro atoms. The van der Waals surface area contributed by atoms with Gasteiger partial charge in [0.15, 0.2) is 5.79 Å². The van der Waals surface area contributed by atoms with E-state index >= 15 is 0 Å². The number of rotatable bonds is 1. The van der Waals surface area contributed by atoms with E-state index in [2.05, 4.69) is 13.8 Å². The van der Waals surface area contributed by atoms with E-state index in [0.29, 0.717) is 17.4 Å². The summed E-state index contributed by atoms with van der Waals surface area (Å²) in [5, 5.41) is 22.1. The number of aliphatic hydroxyl groups excluding tert-OH is 1. The Labute approximate surface area is 148 Å². The monoisotopic (exact) mass is 348 g/mol. The summed E-state index contributed by atoms with van der Waals surface area (Å²) in [5.41, 5.74) is -1.45. The highest BCUT2D eigenvalue weighted by Gasteiger charge is 2.97. The summed E-state index contributed by atoms with van der Waals surface area (Å²) >= 11 is 0.